The van der Waals surface area contributed by atoms with Crippen LogP contribution >= 0.6 is 0 Å². The molecule has 1 aromatic heterocycles. The summed E-state index contributed by atoms with van der Waals surface area (Å²) in [6.07, 6.45) is 7.43. The van der Waals surface area contributed by atoms with E-state index in [9.17, 15) is 4.79 Å². The molecule has 1 saturated carbocycles. The summed E-state index contributed by atoms with van der Waals surface area (Å²) in [4.78, 5) is 18.1. The third kappa shape index (κ3) is 2.88. The van der Waals surface area contributed by atoms with Crippen LogP contribution in [0.5, 0.6) is 5.75 Å². The molecule has 2 aliphatic heterocycles. The highest BCUT2D eigenvalue weighted by molar-refractivity contribution is 5.75. The van der Waals surface area contributed by atoms with E-state index in [-0.39, 0.29) is 17.7 Å². The molecular formula is C16H21N3O3. The van der Waals surface area contributed by atoms with E-state index < -0.39 is 0 Å². The van der Waals surface area contributed by atoms with Crippen LogP contribution in [0.15, 0.2) is 24.5 Å². The highest BCUT2D eigenvalue weighted by Crippen LogP contribution is 2.36. The number of nitrogens with zero attached hydrogens (tertiary/aromatic N) is 2. The third-order valence-corrected chi connectivity index (χ3v) is 4.62. The number of amides is 2. The standard InChI is InChI=1S/C16H21N3O3/c20-15(18-12-3-4-12)19-7-5-16(11-19)8-14(10-21-16)22-13-2-1-6-17-9-13/h1-2,6,9,12,14H,3-5,7-8,10-11H2,(H,18,20)/t14-,16-/m1/s1. The molecule has 0 bridgehead atoms. The summed E-state index contributed by atoms with van der Waals surface area (Å²) >= 11 is 0. The number of carbonyl (C=O) groups is 1. The van der Waals surface area contributed by atoms with Crippen molar-refractivity contribution in [3.63, 3.8) is 0 Å². The number of aromatic nitrogens is 1. The molecule has 1 aliphatic carbocycles. The molecule has 3 heterocycles. The van der Waals surface area contributed by atoms with Crippen LogP contribution in [0.2, 0.25) is 0 Å². The largest absolute Gasteiger partial charge is 0.486 e. The molecule has 1 aromatic rings. The predicted molar refractivity (Wildman–Crippen MR) is 79.7 cm³/mol. The first-order valence-electron chi connectivity index (χ1n) is 7.99. The van der Waals surface area contributed by atoms with Crippen LogP contribution in [0.4, 0.5) is 4.79 Å². The monoisotopic (exact) mass is 303 g/mol. The van der Waals surface area contributed by atoms with Crippen molar-refractivity contribution in [1.29, 1.82) is 0 Å². The van der Waals surface area contributed by atoms with E-state index in [2.05, 4.69) is 10.3 Å². The lowest BCUT2D eigenvalue weighted by Gasteiger charge is -2.23. The molecular weight excluding hydrogens is 282 g/mol. The van der Waals surface area contributed by atoms with Gasteiger partial charge in [0.25, 0.3) is 0 Å². The summed E-state index contributed by atoms with van der Waals surface area (Å²) in [6.45, 7) is 2.00. The second-order valence-electron chi connectivity index (χ2n) is 6.52. The van der Waals surface area contributed by atoms with Crippen LogP contribution in [0.3, 0.4) is 0 Å². The second-order valence-corrected chi connectivity index (χ2v) is 6.52. The number of likely N-dealkylation sites (tertiary alicyclic amines) is 1. The molecule has 6 nitrogen and oxygen atoms in total. The number of urea groups is 1. The fourth-order valence-electron chi connectivity index (χ4n) is 3.28. The lowest BCUT2D eigenvalue weighted by atomic mass is 9.98. The normalized spacial score (nSPS) is 30.7. The van der Waals surface area contributed by atoms with Gasteiger partial charge < -0.3 is 19.7 Å². The summed E-state index contributed by atoms with van der Waals surface area (Å²) in [6, 6.07) is 4.22. The molecule has 0 radical (unpaired) electrons. The summed E-state index contributed by atoms with van der Waals surface area (Å²) < 4.78 is 11.9. The maximum absolute atomic E-state index is 12.1. The number of ether oxygens (including phenoxy) is 2. The Morgan fingerprint density at radius 2 is 2.41 bits per heavy atom. The van der Waals surface area contributed by atoms with E-state index >= 15 is 0 Å². The predicted octanol–water partition coefficient (Wildman–Crippen LogP) is 1.57. The molecule has 0 aromatic carbocycles. The Hall–Kier alpha value is -1.82. The van der Waals surface area contributed by atoms with Crippen molar-refractivity contribution in [2.45, 2.75) is 43.4 Å². The average Bonchev–Trinajstić information content (AvgIpc) is 3.11. The van der Waals surface area contributed by atoms with Crippen molar-refractivity contribution < 1.29 is 14.3 Å². The molecule has 1 spiro atoms. The molecule has 0 unspecified atom stereocenters. The van der Waals surface area contributed by atoms with Crippen LogP contribution < -0.4 is 10.1 Å². The van der Waals surface area contributed by atoms with E-state index in [0.29, 0.717) is 19.2 Å². The molecule has 4 rings (SSSR count). The highest BCUT2D eigenvalue weighted by atomic mass is 16.6. The number of hydrogen-bond donors (Lipinski definition) is 1. The van der Waals surface area contributed by atoms with Gasteiger partial charge in [-0.25, -0.2) is 4.79 Å². The van der Waals surface area contributed by atoms with Gasteiger partial charge in [-0.3, -0.25) is 4.98 Å². The first-order chi connectivity index (χ1) is 10.7. The number of hydrogen-bond acceptors (Lipinski definition) is 4. The smallest absolute Gasteiger partial charge is 0.317 e. The van der Waals surface area contributed by atoms with Crippen molar-refractivity contribution in [2.24, 2.45) is 0 Å². The maximum Gasteiger partial charge on any atom is 0.317 e. The van der Waals surface area contributed by atoms with Gasteiger partial charge in [-0.05, 0) is 31.4 Å². The van der Waals surface area contributed by atoms with Gasteiger partial charge in [0, 0.05) is 25.2 Å². The zero-order chi connectivity index (χ0) is 15.0. The number of pyridine rings is 1. The molecule has 22 heavy (non-hydrogen) atoms. The first kappa shape index (κ1) is 13.8. The fraction of sp³-hybridized carbons (Fsp3) is 0.625. The molecule has 3 aliphatic rings. The minimum absolute atomic E-state index is 0.0376. The van der Waals surface area contributed by atoms with E-state index in [0.717, 1.165) is 38.0 Å². The number of rotatable bonds is 3. The van der Waals surface area contributed by atoms with Gasteiger partial charge in [-0.15, -0.1) is 0 Å². The van der Waals surface area contributed by atoms with Crippen molar-refractivity contribution in [3.05, 3.63) is 24.5 Å². The van der Waals surface area contributed by atoms with Gasteiger partial charge in [0.05, 0.1) is 24.9 Å². The molecule has 2 atom stereocenters. The quantitative estimate of drug-likeness (QED) is 0.920. The molecule has 3 fully saturated rings. The van der Waals surface area contributed by atoms with Crippen LogP contribution in [0, 0.1) is 0 Å². The number of nitrogens with one attached hydrogen (secondary N) is 1. The van der Waals surface area contributed by atoms with Crippen molar-refractivity contribution in [3.8, 4) is 5.75 Å². The van der Waals surface area contributed by atoms with Gasteiger partial charge in [-0.1, -0.05) is 0 Å². The molecule has 2 amide bonds. The van der Waals surface area contributed by atoms with E-state index in [1.165, 1.54) is 0 Å². The lowest BCUT2D eigenvalue weighted by Crippen LogP contribution is -2.42. The second kappa shape index (κ2) is 5.43. The van der Waals surface area contributed by atoms with Crippen LogP contribution in [-0.4, -0.2) is 53.4 Å². The summed E-state index contributed by atoms with van der Waals surface area (Å²) in [7, 11) is 0. The topological polar surface area (TPSA) is 63.7 Å². The fourth-order valence-corrected chi connectivity index (χ4v) is 3.28. The minimum Gasteiger partial charge on any atom is -0.486 e. The minimum atomic E-state index is -0.228. The molecule has 6 heteroatoms. The Labute approximate surface area is 129 Å². The van der Waals surface area contributed by atoms with Crippen LogP contribution in [0.25, 0.3) is 0 Å². The van der Waals surface area contributed by atoms with Crippen LogP contribution in [-0.2, 0) is 4.74 Å². The van der Waals surface area contributed by atoms with E-state index in [1.54, 1.807) is 12.4 Å². The highest BCUT2D eigenvalue weighted by Gasteiger charge is 2.48. The van der Waals surface area contributed by atoms with Gasteiger partial charge >= 0.3 is 6.03 Å². The van der Waals surface area contributed by atoms with E-state index in [1.807, 2.05) is 17.0 Å². The van der Waals surface area contributed by atoms with Gasteiger partial charge in [0.2, 0.25) is 0 Å². The summed E-state index contributed by atoms with van der Waals surface area (Å²) in [5, 5.41) is 3.05. The zero-order valence-corrected chi connectivity index (χ0v) is 12.5. The average molecular weight is 303 g/mol. The molecule has 118 valence electrons. The summed E-state index contributed by atoms with van der Waals surface area (Å²) in [5.74, 6) is 0.773. The Kier molecular flexibility index (Phi) is 3.41. The van der Waals surface area contributed by atoms with Gasteiger partial charge in [0.1, 0.15) is 11.9 Å². The van der Waals surface area contributed by atoms with Gasteiger partial charge in [-0.2, -0.15) is 0 Å². The summed E-state index contributed by atoms with van der Waals surface area (Å²) in [5.41, 5.74) is -0.228. The van der Waals surface area contributed by atoms with Crippen molar-refractivity contribution >= 4 is 6.03 Å². The van der Waals surface area contributed by atoms with Crippen molar-refractivity contribution in [1.82, 2.24) is 15.2 Å². The van der Waals surface area contributed by atoms with Crippen molar-refractivity contribution in [2.75, 3.05) is 19.7 Å². The maximum atomic E-state index is 12.1. The van der Waals surface area contributed by atoms with E-state index in [4.69, 9.17) is 9.47 Å². The molecule has 1 N–H and O–H groups in total. The first-order valence-corrected chi connectivity index (χ1v) is 7.99. The van der Waals surface area contributed by atoms with Gasteiger partial charge in [0.15, 0.2) is 0 Å². The van der Waals surface area contributed by atoms with Crippen LogP contribution in [0.1, 0.15) is 25.7 Å². The Morgan fingerprint density at radius 1 is 1.50 bits per heavy atom. The SMILES string of the molecule is O=C(NC1CC1)N1CC[C@@]2(C[C@@H](Oc3cccnc3)CO2)C1. The number of carbonyl (C=O) groups excluding carboxylic acids is 1. The Bertz CT molecular complexity index is 549. The Balaban J connectivity index is 1.33. The zero-order valence-electron chi connectivity index (χ0n) is 12.5. The lowest BCUT2D eigenvalue weighted by molar-refractivity contribution is 0.0122. The third-order valence-electron chi connectivity index (χ3n) is 4.62. The Morgan fingerprint density at radius 3 is 3.18 bits per heavy atom. The molecule has 2 saturated heterocycles.